The maximum atomic E-state index is 5.93. The van der Waals surface area contributed by atoms with E-state index < -0.39 is 0 Å². The Morgan fingerprint density at radius 1 is 1.53 bits per heavy atom. The number of nitrogens with one attached hydrogen (secondary N) is 1. The summed E-state index contributed by atoms with van der Waals surface area (Å²) in [6, 6.07) is 4.40. The van der Waals surface area contributed by atoms with E-state index in [1.807, 2.05) is 13.0 Å². The molecule has 1 aliphatic carbocycles. The van der Waals surface area contributed by atoms with E-state index in [1.54, 1.807) is 0 Å². The minimum atomic E-state index is 0.366. The molecule has 1 fully saturated rings. The topological polar surface area (TPSA) is 24.9 Å². The van der Waals surface area contributed by atoms with Crippen LogP contribution in [-0.2, 0) is 0 Å². The van der Waals surface area contributed by atoms with Crippen LogP contribution >= 0.6 is 11.6 Å². The first-order valence-electron chi connectivity index (χ1n) is 5.52. The van der Waals surface area contributed by atoms with Gasteiger partial charge in [0.05, 0.1) is 0 Å². The molecule has 1 atom stereocenters. The fourth-order valence-corrected chi connectivity index (χ4v) is 1.95. The summed E-state index contributed by atoms with van der Waals surface area (Å²) < 4.78 is 0. The molecule has 82 valence electrons. The molecule has 1 heterocycles. The molecule has 2 nitrogen and oxygen atoms in total. The van der Waals surface area contributed by atoms with E-state index in [0.717, 1.165) is 18.2 Å². The third-order valence-corrected chi connectivity index (χ3v) is 3.05. The van der Waals surface area contributed by atoms with Gasteiger partial charge in [0.25, 0.3) is 0 Å². The molecule has 1 saturated carbocycles. The maximum Gasteiger partial charge on any atom is 0.129 e. The smallest absolute Gasteiger partial charge is 0.129 e. The van der Waals surface area contributed by atoms with Gasteiger partial charge in [0.15, 0.2) is 0 Å². The summed E-state index contributed by atoms with van der Waals surface area (Å²) in [5.41, 5.74) is 2.21. The van der Waals surface area contributed by atoms with E-state index in [2.05, 4.69) is 23.3 Å². The molecule has 0 saturated heterocycles. The fourth-order valence-electron chi connectivity index (χ4n) is 1.69. The summed E-state index contributed by atoms with van der Waals surface area (Å²) in [5.74, 6) is 0.908. The normalized spacial score (nSPS) is 17.8. The minimum Gasteiger partial charge on any atom is -0.310 e. The third-order valence-electron chi connectivity index (χ3n) is 2.85. The number of hydrogen-bond acceptors (Lipinski definition) is 2. The Balaban J connectivity index is 1.99. The van der Waals surface area contributed by atoms with Crippen molar-refractivity contribution in [3.63, 3.8) is 0 Å². The van der Waals surface area contributed by atoms with Crippen molar-refractivity contribution in [2.45, 2.75) is 32.7 Å². The average Bonchev–Trinajstić information content (AvgIpc) is 2.96. The lowest BCUT2D eigenvalue weighted by atomic mass is 10.1. The van der Waals surface area contributed by atoms with Crippen molar-refractivity contribution in [2.75, 3.05) is 6.54 Å². The van der Waals surface area contributed by atoms with Crippen molar-refractivity contribution < 1.29 is 0 Å². The van der Waals surface area contributed by atoms with Gasteiger partial charge in [-0.3, -0.25) is 0 Å². The summed E-state index contributed by atoms with van der Waals surface area (Å²) in [6.45, 7) is 5.27. The van der Waals surface area contributed by atoms with E-state index in [-0.39, 0.29) is 0 Å². The van der Waals surface area contributed by atoms with Gasteiger partial charge in [-0.05, 0) is 56.8 Å². The maximum absolute atomic E-state index is 5.93. The predicted octanol–water partition coefficient (Wildman–Crippen LogP) is 3.10. The van der Waals surface area contributed by atoms with E-state index in [9.17, 15) is 0 Å². The molecular weight excluding hydrogens is 208 g/mol. The number of rotatable bonds is 4. The van der Waals surface area contributed by atoms with Crippen LogP contribution in [0.15, 0.2) is 12.1 Å². The number of nitrogens with zero attached hydrogens (tertiary/aromatic N) is 1. The molecule has 1 aromatic heterocycles. The van der Waals surface area contributed by atoms with Gasteiger partial charge in [-0.1, -0.05) is 11.6 Å². The number of halogens is 1. The zero-order valence-electron chi connectivity index (χ0n) is 9.26. The van der Waals surface area contributed by atoms with E-state index in [0.29, 0.717) is 11.2 Å². The van der Waals surface area contributed by atoms with Crippen LogP contribution in [0.25, 0.3) is 0 Å². The minimum absolute atomic E-state index is 0.366. The second-order valence-electron chi connectivity index (χ2n) is 4.44. The van der Waals surface area contributed by atoms with Gasteiger partial charge in [-0.25, -0.2) is 4.98 Å². The van der Waals surface area contributed by atoms with Crippen molar-refractivity contribution in [2.24, 2.45) is 5.92 Å². The second-order valence-corrected chi connectivity index (χ2v) is 4.83. The number of pyridine rings is 1. The summed E-state index contributed by atoms with van der Waals surface area (Å²) in [5, 5.41) is 4.12. The van der Waals surface area contributed by atoms with Gasteiger partial charge < -0.3 is 5.32 Å². The van der Waals surface area contributed by atoms with Crippen molar-refractivity contribution in [1.29, 1.82) is 0 Å². The van der Waals surface area contributed by atoms with E-state index in [4.69, 9.17) is 11.6 Å². The van der Waals surface area contributed by atoms with Crippen LogP contribution in [0.2, 0.25) is 5.15 Å². The van der Waals surface area contributed by atoms with E-state index >= 15 is 0 Å². The molecule has 1 unspecified atom stereocenters. The number of aromatic nitrogens is 1. The van der Waals surface area contributed by atoms with Gasteiger partial charge in [0.1, 0.15) is 5.15 Å². The lowest BCUT2D eigenvalue weighted by Crippen LogP contribution is -2.21. The molecule has 3 heteroatoms. The van der Waals surface area contributed by atoms with Crippen molar-refractivity contribution >= 4 is 11.6 Å². The van der Waals surface area contributed by atoms with Gasteiger partial charge in [0.2, 0.25) is 0 Å². The fraction of sp³-hybridized carbons (Fsp3) is 0.583. The Hall–Kier alpha value is -0.600. The highest BCUT2D eigenvalue weighted by molar-refractivity contribution is 6.29. The van der Waals surface area contributed by atoms with Crippen molar-refractivity contribution in [3.05, 3.63) is 28.5 Å². The zero-order chi connectivity index (χ0) is 10.8. The average molecular weight is 225 g/mol. The molecule has 1 aliphatic rings. The Morgan fingerprint density at radius 3 is 2.87 bits per heavy atom. The molecule has 0 spiro atoms. The highest BCUT2D eigenvalue weighted by Crippen LogP contribution is 2.28. The van der Waals surface area contributed by atoms with Crippen LogP contribution in [0.3, 0.4) is 0 Å². The standard InChI is InChI=1S/C12H17ClN2/c1-8-5-11(6-12(13)15-8)9(2)14-7-10-3-4-10/h5-6,9-10,14H,3-4,7H2,1-2H3. The van der Waals surface area contributed by atoms with Crippen LogP contribution in [0.1, 0.15) is 37.1 Å². The lowest BCUT2D eigenvalue weighted by molar-refractivity contribution is 0.548. The van der Waals surface area contributed by atoms with Crippen LogP contribution in [0.5, 0.6) is 0 Å². The molecule has 1 aromatic rings. The van der Waals surface area contributed by atoms with Crippen LogP contribution in [-0.4, -0.2) is 11.5 Å². The van der Waals surface area contributed by atoms with Crippen LogP contribution in [0.4, 0.5) is 0 Å². The highest BCUT2D eigenvalue weighted by atomic mass is 35.5. The third kappa shape index (κ3) is 3.18. The first-order chi connectivity index (χ1) is 7.15. The molecular formula is C12H17ClN2. The van der Waals surface area contributed by atoms with Gasteiger partial charge in [-0.15, -0.1) is 0 Å². The highest BCUT2D eigenvalue weighted by Gasteiger charge is 2.21. The van der Waals surface area contributed by atoms with Crippen LogP contribution in [0, 0.1) is 12.8 Å². The lowest BCUT2D eigenvalue weighted by Gasteiger charge is -2.14. The van der Waals surface area contributed by atoms with Gasteiger partial charge in [0, 0.05) is 11.7 Å². The Kier molecular flexibility index (Phi) is 3.27. The number of aryl methyl sites for hydroxylation is 1. The molecule has 0 radical (unpaired) electrons. The molecule has 15 heavy (non-hydrogen) atoms. The summed E-state index contributed by atoms with van der Waals surface area (Å²) in [7, 11) is 0. The first-order valence-corrected chi connectivity index (χ1v) is 5.90. The SMILES string of the molecule is Cc1cc(C(C)NCC2CC2)cc(Cl)n1. The molecule has 0 amide bonds. The summed E-state index contributed by atoms with van der Waals surface area (Å²) in [6.07, 6.45) is 2.77. The number of hydrogen-bond donors (Lipinski definition) is 1. The van der Waals surface area contributed by atoms with Gasteiger partial charge >= 0.3 is 0 Å². The van der Waals surface area contributed by atoms with Crippen molar-refractivity contribution in [1.82, 2.24) is 10.3 Å². The molecule has 0 aromatic carbocycles. The molecule has 0 aliphatic heterocycles. The Bertz CT molecular complexity index is 327. The quantitative estimate of drug-likeness (QED) is 0.795. The first kappa shape index (κ1) is 10.9. The zero-order valence-corrected chi connectivity index (χ0v) is 10.0. The predicted molar refractivity (Wildman–Crippen MR) is 63.1 cm³/mol. The van der Waals surface area contributed by atoms with E-state index in [1.165, 1.54) is 18.4 Å². The molecule has 0 bridgehead atoms. The second kappa shape index (κ2) is 4.50. The van der Waals surface area contributed by atoms with Gasteiger partial charge in [-0.2, -0.15) is 0 Å². The van der Waals surface area contributed by atoms with Crippen LogP contribution < -0.4 is 5.32 Å². The Morgan fingerprint density at radius 2 is 2.27 bits per heavy atom. The summed E-state index contributed by atoms with van der Waals surface area (Å²) in [4.78, 5) is 4.16. The Labute approximate surface area is 96.1 Å². The largest absolute Gasteiger partial charge is 0.310 e. The monoisotopic (exact) mass is 224 g/mol. The van der Waals surface area contributed by atoms with Crippen molar-refractivity contribution in [3.8, 4) is 0 Å². The summed E-state index contributed by atoms with van der Waals surface area (Å²) >= 11 is 5.93. The molecule has 1 N–H and O–H groups in total. The molecule has 2 rings (SSSR count).